The molecule has 0 heterocycles. The van der Waals surface area contributed by atoms with Gasteiger partial charge in [0.2, 0.25) is 0 Å². The van der Waals surface area contributed by atoms with Crippen molar-refractivity contribution in [3.8, 4) is 0 Å². The first-order valence-corrected chi connectivity index (χ1v) is 13.2. The number of hydrogen-bond donors (Lipinski definition) is 4. The molecule has 0 bridgehead atoms. The van der Waals surface area contributed by atoms with Crippen molar-refractivity contribution in [2.45, 2.75) is 135 Å². The molecule has 8 nitrogen and oxygen atoms in total. The Balaban J connectivity index is 0. The fourth-order valence-corrected chi connectivity index (χ4v) is 3.56. The molecule has 3 unspecified atom stereocenters. The topological polar surface area (TPSA) is 133 Å². The lowest BCUT2D eigenvalue weighted by atomic mass is 10.0. The van der Waals surface area contributed by atoms with Crippen LogP contribution < -0.4 is 10.6 Å². The molecule has 0 amide bonds. The third-order valence-corrected chi connectivity index (χ3v) is 5.73. The third-order valence-electron chi connectivity index (χ3n) is 5.73. The summed E-state index contributed by atoms with van der Waals surface area (Å²) in [5, 5.41) is 24.3. The highest BCUT2D eigenvalue weighted by Gasteiger charge is 2.20. The Bertz CT molecular complexity index is 516. The zero-order chi connectivity index (χ0) is 26.0. The lowest BCUT2D eigenvalue weighted by Gasteiger charge is -2.22. The lowest BCUT2D eigenvalue weighted by Crippen LogP contribution is -2.43. The maximum atomic E-state index is 11.1. The molecule has 0 spiro atoms. The normalized spacial score (nSPS) is 13.3. The average Bonchev–Trinajstić information content (AvgIpc) is 2.81. The predicted octanol–water partition coefficient (Wildman–Crippen LogP) is 4.74. The highest BCUT2D eigenvalue weighted by atomic mass is 16.4. The Morgan fingerprint density at radius 2 is 1.24 bits per heavy atom. The zero-order valence-electron chi connectivity index (χ0n) is 21.7. The number of unbranched alkanes of at least 4 members (excludes halogenated alkanes) is 7. The summed E-state index contributed by atoms with van der Waals surface area (Å²) in [6, 6.07) is -0.744. The second-order valence-corrected chi connectivity index (χ2v) is 8.76. The molecule has 4 N–H and O–H groups in total. The minimum Gasteiger partial charge on any atom is -0.480 e. The number of rotatable bonds is 23. The fraction of sp³-hybridized carbons (Fsp3) is 0.846. The van der Waals surface area contributed by atoms with Gasteiger partial charge in [0.05, 0.1) is 0 Å². The van der Waals surface area contributed by atoms with E-state index in [9.17, 15) is 19.2 Å². The van der Waals surface area contributed by atoms with Crippen molar-refractivity contribution >= 4 is 24.5 Å². The number of carbonyl (C=O) groups is 4. The predicted molar refractivity (Wildman–Crippen MR) is 136 cm³/mol. The van der Waals surface area contributed by atoms with E-state index in [0.717, 1.165) is 51.2 Å². The number of nitrogens with one attached hydrogen (secondary N) is 2. The lowest BCUT2D eigenvalue weighted by molar-refractivity contribution is -0.140. The molecule has 8 heteroatoms. The second kappa shape index (κ2) is 25.8. The van der Waals surface area contributed by atoms with Crippen LogP contribution in [0.25, 0.3) is 0 Å². The Hall–Kier alpha value is -1.80. The van der Waals surface area contributed by atoms with Gasteiger partial charge in [0.15, 0.2) is 0 Å². The number of hydrogen-bond acceptors (Lipinski definition) is 6. The summed E-state index contributed by atoms with van der Waals surface area (Å²) in [5.41, 5.74) is 0. The van der Waals surface area contributed by atoms with Gasteiger partial charge in [-0.25, -0.2) is 0 Å². The average molecular weight is 487 g/mol. The number of carbonyl (C=O) groups excluding carboxylic acids is 2. The Labute approximate surface area is 206 Å². The molecule has 0 saturated heterocycles. The smallest absolute Gasteiger partial charge is 0.320 e. The summed E-state index contributed by atoms with van der Waals surface area (Å²) in [5.74, 6) is -1.63. The van der Waals surface area contributed by atoms with Gasteiger partial charge in [-0.3, -0.25) is 9.59 Å². The summed E-state index contributed by atoms with van der Waals surface area (Å²) >= 11 is 0. The van der Waals surface area contributed by atoms with E-state index < -0.39 is 24.0 Å². The van der Waals surface area contributed by atoms with E-state index >= 15 is 0 Å². The van der Waals surface area contributed by atoms with E-state index in [2.05, 4.69) is 31.4 Å². The third kappa shape index (κ3) is 22.0. The molecular weight excluding hydrogens is 436 g/mol. The van der Waals surface area contributed by atoms with Crippen LogP contribution in [0.1, 0.15) is 117 Å². The van der Waals surface area contributed by atoms with Crippen LogP contribution in [0.5, 0.6) is 0 Å². The summed E-state index contributed by atoms with van der Waals surface area (Å²) in [4.78, 5) is 42.3. The van der Waals surface area contributed by atoms with Gasteiger partial charge in [-0.15, -0.1) is 0 Å². The number of carboxylic acid groups (broad SMARTS) is 2. The summed E-state index contributed by atoms with van der Waals surface area (Å²) < 4.78 is 0. The molecular formula is C26H50N2O6. The highest BCUT2D eigenvalue weighted by Crippen LogP contribution is 2.10. The van der Waals surface area contributed by atoms with E-state index in [-0.39, 0.29) is 6.04 Å². The maximum Gasteiger partial charge on any atom is 0.320 e. The number of aldehydes is 2. The minimum atomic E-state index is -0.818. The van der Waals surface area contributed by atoms with Crippen molar-refractivity contribution in [3.63, 3.8) is 0 Å². The quantitative estimate of drug-likeness (QED) is 0.120. The molecule has 0 aliphatic heterocycles. The second-order valence-electron chi connectivity index (χ2n) is 8.76. The molecule has 200 valence electrons. The molecule has 0 aromatic heterocycles. The van der Waals surface area contributed by atoms with Crippen molar-refractivity contribution < 1.29 is 29.4 Å². The van der Waals surface area contributed by atoms with Crippen LogP contribution in [0.3, 0.4) is 0 Å². The van der Waals surface area contributed by atoms with Crippen molar-refractivity contribution in [1.82, 2.24) is 10.6 Å². The van der Waals surface area contributed by atoms with E-state index in [1.807, 2.05) is 0 Å². The van der Waals surface area contributed by atoms with Gasteiger partial charge in [0, 0.05) is 18.9 Å². The van der Waals surface area contributed by atoms with Crippen LogP contribution in [0.15, 0.2) is 0 Å². The molecule has 0 aromatic carbocycles. The highest BCUT2D eigenvalue weighted by molar-refractivity contribution is 5.73. The standard InChI is InChI=1S/C14H27NO3.C12H23NO3/c1-3-5-6-9-12(4-2)15-13(14(17)18)10-7-8-11-16;1-2-3-4-6-9-13-11(12(15)16)8-5-7-10-14/h11-13,15H,3-10H2,1-2H3,(H,17,18);10-11,13H,2-9H2,1H3,(H,15,16). The van der Waals surface area contributed by atoms with Crippen LogP contribution in [0.2, 0.25) is 0 Å². The van der Waals surface area contributed by atoms with E-state index in [1.165, 1.54) is 25.7 Å². The molecule has 34 heavy (non-hydrogen) atoms. The zero-order valence-corrected chi connectivity index (χ0v) is 21.7. The first-order chi connectivity index (χ1) is 16.4. The maximum absolute atomic E-state index is 11.1. The molecule has 0 fully saturated rings. The molecule has 3 atom stereocenters. The van der Waals surface area contributed by atoms with Gasteiger partial charge in [-0.2, -0.15) is 0 Å². The van der Waals surface area contributed by atoms with Gasteiger partial charge in [-0.1, -0.05) is 59.3 Å². The fourth-order valence-electron chi connectivity index (χ4n) is 3.56. The van der Waals surface area contributed by atoms with Crippen LogP contribution in [0.4, 0.5) is 0 Å². The first kappa shape index (κ1) is 34.4. The van der Waals surface area contributed by atoms with E-state index in [4.69, 9.17) is 10.2 Å². The Morgan fingerprint density at radius 1 is 0.706 bits per heavy atom. The monoisotopic (exact) mass is 486 g/mol. The van der Waals surface area contributed by atoms with Crippen molar-refractivity contribution in [3.05, 3.63) is 0 Å². The van der Waals surface area contributed by atoms with Gasteiger partial charge in [0.25, 0.3) is 0 Å². The van der Waals surface area contributed by atoms with Crippen molar-refractivity contribution in [2.24, 2.45) is 0 Å². The van der Waals surface area contributed by atoms with Gasteiger partial charge < -0.3 is 30.4 Å². The Kier molecular flexibility index (Phi) is 26.1. The van der Waals surface area contributed by atoms with E-state index in [0.29, 0.717) is 38.5 Å². The molecule has 0 aliphatic carbocycles. The van der Waals surface area contributed by atoms with Crippen LogP contribution in [0, 0.1) is 0 Å². The van der Waals surface area contributed by atoms with Crippen molar-refractivity contribution in [2.75, 3.05) is 6.54 Å². The molecule has 0 aromatic rings. The largest absolute Gasteiger partial charge is 0.480 e. The van der Waals surface area contributed by atoms with Crippen LogP contribution in [-0.2, 0) is 19.2 Å². The van der Waals surface area contributed by atoms with Crippen molar-refractivity contribution in [1.29, 1.82) is 0 Å². The van der Waals surface area contributed by atoms with Crippen LogP contribution >= 0.6 is 0 Å². The molecule has 0 saturated carbocycles. The van der Waals surface area contributed by atoms with Gasteiger partial charge >= 0.3 is 11.9 Å². The summed E-state index contributed by atoms with van der Waals surface area (Å²) in [6.45, 7) is 7.13. The Morgan fingerprint density at radius 3 is 1.71 bits per heavy atom. The van der Waals surface area contributed by atoms with E-state index in [1.54, 1.807) is 0 Å². The molecule has 0 aliphatic rings. The minimum absolute atomic E-state index is 0.272. The molecule has 0 rings (SSSR count). The SMILES string of the molecule is CCCCCC(CC)NC(CCCC=O)C(=O)O.CCCCCCNC(CCCC=O)C(=O)O. The summed E-state index contributed by atoms with van der Waals surface area (Å²) in [7, 11) is 0. The number of carboxylic acids is 2. The van der Waals surface area contributed by atoms with Gasteiger partial charge in [-0.05, 0) is 51.5 Å². The first-order valence-electron chi connectivity index (χ1n) is 13.2. The number of aliphatic carboxylic acids is 2. The van der Waals surface area contributed by atoms with Gasteiger partial charge in [0.1, 0.15) is 24.7 Å². The summed E-state index contributed by atoms with van der Waals surface area (Å²) in [6.07, 6.45) is 14.9. The molecule has 0 radical (unpaired) electrons. The van der Waals surface area contributed by atoms with Crippen LogP contribution in [-0.4, -0.2) is 59.4 Å².